The van der Waals surface area contributed by atoms with Gasteiger partial charge in [-0.3, -0.25) is 9.10 Å². The van der Waals surface area contributed by atoms with Gasteiger partial charge >= 0.3 is 0 Å². The Morgan fingerprint density at radius 1 is 1.27 bits per heavy atom. The molecular weight excluding hydrogens is 304 g/mol. The van der Waals surface area contributed by atoms with Gasteiger partial charge in [-0.15, -0.1) is 0 Å². The van der Waals surface area contributed by atoms with Gasteiger partial charge in [-0.1, -0.05) is 6.92 Å². The Morgan fingerprint density at radius 2 is 1.91 bits per heavy atom. The predicted octanol–water partition coefficient (Wildman–Crippen LogP) is 0.823. The van der Waals surface area contributed by atoms with Crippen LogP contribution in [0.4, 0.5) is 5.69 Å². The van der Waals surface area contributed by atoms with Gasteiger partial charge in [0.25, 0.3) is 5.91 Å². The Hall–Kier alpha value is -1.60. The van der Waals surface area contributed by atoms with Gasteiger partial charge in [0, 0.05) is 12.1 Å². The fourth-order valence-electron chi connectivity index (χ4n) is 2.91. The Bertz CT molecular complexity index is 678. The van der Waals surface area contributed by atoms with Crippen LogP contribution in [0.25, 0.3) is 0 Å². The molecule has 1 aromatic rings. The SMILES string of the molecule is CCC1(O)CN(C(=O)c2ccc(N3CCCS3(=O)=O)cc2)C1. The molecular formula is C15H20N2O4S. The lowest BCUT2D eigenvalue weighted by Crippen LogP contribution is -2.63. The number of carbonyl (C=O) groups excluding carboxylic acids is 1. The molecule has 0 radical (unpaired) electrons. The van der Waals surface area contributed by atoms with Crippen molar-refractivity contribution in [1.29, 1.82) is 0 Å². The summed E-state index contributed by atoms with van der Waals surface area (Å²) in [6.45, 7) is 3.09. The second-order valence-electron chi connectivity index (χ2n) is 6.03. The van der Waals surface area contributed by atoms with Crippen molar-refractivity contribution in [3.05, 3.63) is 29.8 Å². The van der Waals surface area contributed by atoms with Crippen LogP contribution in [0.2, 0.25) is 0 Å². The van der Waals surface area contributed by atoms with Crippen molar-refractivity contribution in [3.8, 4) is 0 Å². The number of carbonyl (C=O) groups is 1. The third-order valence-corrected chi connectivity index (χ3v) is 6.29. The van der Waals surface area contributed by atoms with E-state index in [1.165, 1.54) is 4.31 Å². The highest BCUT2D eigenvalue weighted by Gasteiger charge is 2.42. The molecule has 2 heterocycles. The average molecular weight is 324 g/mol. The summed E-state index contributed by atoms with van der Waals surface area (Å²) < 4.78 is 25.1. The van der Waals surface area contributed by atoms with E-state index in [-0.39, 0.29) is 11.7 Å². The number of amides is 1. The van der Waals surface area contributed by atoms with Crippen LogP contribution < -0.4 is 4.31 Å². The van der Waals surface area contributed by atoms with Crippen molar-refractivity contribution in [3.63, 3.8) is 0 Å². The number of sulfonamides is 1. The zero-order chi connectivity index (χ0) is 16.0. The van der Waals surface area contributed by atoms with Crippen LogP contribution in [0.15, 0.2) is 24.3 Å². The first-order valence-corrected chi connectivity index (χ1v) is 9.08. The highest BCUT2D eigenvalue weighted by atomic mass is 32.2. The maximum Gasteiger partial charge on any atom is 0.254 e. The third kappa shape index (κ3) is 2.59. The smallest absolute Gasteiger partial charge is 0.254 e. The molecule has 2 aliphatic rings. The van der Waals surface area contributed by atoms with E-state index in [9.17, 15) is 18.3 Å². The van der Waals surface area contributed by atoms with Gasteiger partial charge in [-0.25, -0.2) is 8.42 Å². The molecule has 1 amide bonds. The van der Waals surface area contributed by atoms with Gasteiger partial charge in [0.2, 0.25) is 10.0 Å². The number of likely N-dealkylation sites (tertiary alicyclic amines) is 1. The molecule has 0 aromatic heterocycles. The van der Waals surface area contributed by atoms with Gasteiger partial charge in [-0.2, -0.15) is 0 Å². The Kier molecular flexibility index (Phi) is 3.65. The van der Waals surface area contributed by atoms with Crippen molar-refractivity contribution >= 4 is 21.6 Å². The number of nitrogens with zero attached hydrogens (tertiary/aromatic N) is 2. The topological polar surface area (TPSA) is 77.9 Å². The summed E-state index contributed by atoms with van der Waals surface area (Å²) in [4.78, 5) is 13.9. The summed E-state index contributed by atoms with van der Waals surface area (Å²) in [5, 5.41) is 9.96. The van der Waals surface area contributed by atoms with E-state index in [1.807, 2.05) is 6.92 Å². The third-order valence-electron chi connectivity index (χ3n) is 4.42. The normalized spacial score (nSPS) is 22.5. The lowest BCUT2D eigenvalue weighted by Gasteiger charge is -2.46. The minimum absolute atomic E-state index is 0.131. The van der Waals surface area contributed by atoms with E-state index < -0.39 is 15.6 Å². The summed E-state index contributed by atoms with van der Waals surface area (Å²) in [5.74, 6) is 0.0470. The van der Waals surface area contributed by atoms with E-state index in [2.05, 4.69) is 0 Å². The van der Waals surface area contributed by atoms with Crippen LogP contribution in [-0.4, -0.2) is 55.3 Å². The molecule has 2 saturated heterocycles. The second-order valence-corrected chi connectivity index (χ2v) is 8.04. The van der Waals surface area contributed by atoms with Gasteiger partial charge in [-0.05, 0) is 37.1 Å². The quantitative estimate of drug-likeness (QED) is 0.893. The molecule has 22 heavy (non-hydrogen) atoms. The molecule has 2 aliphatic heterocycles. The number of aliphatic hydroxyl groups is 1. The van der Waals surface area contributed by atoms with E-state index in [4.69, 9.17) is 0 Å². The number of hydrogen-bond donors (Lipinski definition) is 1. The summed E-state index contributed by atoms with van der Waals surface area (Å²) >= 11 is 0. The number of anilines is 1. The average Bonchev–Trinajstić information content (AvgIpc) is 2.83. The molecule has 1 aromatic carbocycles. The lowest BCUT2D eigenvalue weighted by molar-refractivity contribution is -0.0826. The molecule has 0 spiro atoms. The van der Waals surface area contributed by atoms with E-state index >= 15 is 0 Å². The van der Waals surface area contributed by atoms with Gasteiger partial charge < -0.3 is 10.0 Å². The van der Waals surface area contributed by atoms with Crippen molar-refractivity contribution in [2.45, 2.75) is 25.4 Å². The lowest BCUT2D eigenvalue weighted by atomic mass is 9.90. The summed E-state index contributed by atoms with van der Waals surface area (Å²) in [6, 6.07) is 6.63. The van der Waals surface area contributed by atoms with Crippen LogP contribution in [0.5, 0.6) is 0 Å². The van der Waals surface area contributed by atoms with E-state index in [0.717, 1.165) is 0 Å². The van der Waals surface area contributed by atoms with Crippen molar-refractivity contribution in [1.82, 2.24) is 4.90 Å². The van der Waals surface area contributed by atoms with Crippen LogP contribution in [0, 0.1) is 0 Å². The number of rotatable bonds is 3. The molecule has 1 N–H and O–H groups in total. The van der Waals surface area contributed by atoms with Gasteiger partial charge in [0.05, 0.1) is 30.1 Å². The number of hydrogen-bond acceptors (Lipinski definition) is 4. The summed E-state index contributed by atoms with van der Waals surface area (Å²) in [5.41, 5.74) is 0.361. The number of β-amino-alcohol motifs (C(OH)–C–C–N with tert-alkyl or cyclic N) is 1. The first kappa shape index (κ1) is 15.3. The molecule has 0 aliphatic carbocycles. The molecule has 120 valence electrons. The maximum atomic E-state index is 12.3. The van der Waals surface area contributed by atoms with Crippen molar-refractivity contribution in [2.75, 3.05) is 29.7 Å². The molecule has 0 unspecified atom stereocenters. The first-order valence-electron chi connectivity index (χ1n) is 7.47. The summed E-state index contributed by atoms with van der Waals surface area (Å²) in [7, 11) is -3.20. The second kappa shape index (κ2) is 5.24. The number of benzene rings is 1. The maximum absolute atomic E-state index is 12.3. The van der Waals surface area contributed by atoms with E-state index in [1.54, 1.807) is 29.2 Å². The molecule has 2 fully saturated rings. The fraction of sp³-hybridized carbons (Fsp3) is 0.533. The van der Waals surface area contributed by atoms with Crippen molar-refractivity contribution < 1.29 is 18.3 Å². The highest BCUT2D eigenvalue weighted by Crippen LogP contribution is 2.27. The predicted molar refractivity (Wildman–Crippen MR) is 83.3 cm³/mol. The largest absolute Gasteiger partial charge is 0.386 e. The van der Waals surface area contributed by atoms with Crippen LogP contribution in [-0.2, 0) is 10.0 Å². The summed E-state index contributed by atoms with van der Waals surface area (Å²) in [6.07, 6.45) is 1.26. The zero-order valence-corrected chi connectivity index (χ0v) is 13.3. The van der Waals surface area contributed by atoms with E-state index in [0.29, 0.717) is 43.7 Å². The van der Waals surface area contributed by atoms with Crippen molar-refractivity contribution in [2.24, 2.45) is 0 Å². The minimum Gasteiger partial charge on any atom is -0.386 e. The monoisotopic (exact) mass is 324 g/mol. The Morgan fingerprint density at radius 3 is 2.41 bits per heavy atom. The van der Waals surface area contributed by atoms with Crippen LogP contribution >= 0.6 is 0 Å². The molecule has 7 heteroatoms. The minimum atomic E-state index is -3.20. The van der Waals surface area contributed by atoms with Crippen LogP contribution in [0.1, 0.15) is 30.1 Å². The van der Waals surface area contributed by atoms with Crippen LogP contribution in [0.3, 0.4) is 0 Å². The standard InChI is InChI=1S/C15H20N2O4S/c1-2-15(19)10-16(11-15)14(18)12-4-6-13(7-5-12)17-8-3-9-22(17,20)21/h4-7,19H,2-3,8-11H2,1H3. The van der Waals surface area contributed by atoms with Gasteiger partial charge in [0.15, 0.2) is 0 Å². The molecule has 0 saturated carbocycles. The molecule has 6 nitrogen and oxygen atoms in total. The van der Waals surface area contributed by atoms with Gasteiger partial charge in [0.1, 0.15) is 0 Å². The Labute approximate surface area is 130 Å². The zero-order valence-electron chi connectivity index (χ0n) is 12.5. The highest BCUT2D eigenvalue weighted by molar-refractivity contribution is 7.93. The fourth-order valence-corrected chi connectivity index (χ4v) is 4.48. The Balaban J connectivity index is 1.71. The molecule has 0 atom stereocenters. The molecule has 0 bridgehead atoms. The molecule has 3 rings (SSSR count). The first-order chi connectivity index (χ1) is 10.3.